The van der Waals surface area contributed by atoms with Gasteiger partial charge in [-0.15, -0.1) is 0 Å². The largest absolute Gasteiger partial charge is 0.326 e. The van der Waals surface area contributed by atoms with Crippen molar-refractivity contribution in [2.45, 2.75) is 45.6 Å². The first-order valence-corrected chi connectivity index (χ1v) is 10.1. The van der Waals surface area contributed by atoms with Crippen molar-refractivity contribution >= 4 is 23.4 Å². The highest BCUT2D eigenvalue weighted by atomic mass is 32.2. The van der Waals surface area contributed by atoms with Gasteiger partial charge in [-0.3, -0.25) is 9.69 Å². The molecular weight excluding hydrogens is 304 g/mol. The second kappa shape index (κ2) is 9.33. The van der Waals surface area contributed by atoms with Crippen LogP contribution in [0.5, 0.6) is 0 Å². The van der Waals surface area contributed by atoms with E-state index in [1.54, 1.807) is 0 Å². The third-order valence-corrected chi connectivity index (χ3v) is 5.58. The molecule has 1 aromatic rings. The van der Waals surface area contributed by atoms with E-state index in [1.165, 1.54) is 37.2 Å². The summed E-state index contributed by atoms with van der Waals surface area (Å²) in [4.78, 5) is 14.7. The molecule has 0 radical (unpaired) electrons. The zero-order valence-corrected chi connectivity index (χ0v) is 15.5. The number of hydrogen-bond donors (Lipinski definition) is 1. The van der Waals surface area contributed by atoms with Crippen LogP contribution in [0.1, 0.15) is 38.2 Å². The lowest BCUT2D eigenvalue weighted by molar-refractivity contribution is -0.116. The summed E-state index contributed by atoms with van der Waals surface area (Å²) in [6.07, 6.45) is 6.30. The molecule has 1 unspecified atom stereocenters. The Morgan fingerprint density at radius 3 is 2.78 bits per heavy atom. The van der Waals surface area contributed by atoms with Crippen molar-refractivity contribution in [3.63, 3.8) is 0 Å². The van der Waals surface area contributed by atoms with Gasteiger partial charge in [0, 0.05) is 23.9 Å². The molecule has 0 bridgehead atoms. The normalized spacial score (nSPS) is 17.9. The van der Waals surface area contributed by atoms with E-state index in [0.29, 0.717) is 18.4 Å². The molecule has 3 nitrogen and oxygen atoms in total. The Balaban J connectivity index is 1.68. The Kier molecular flexibility index (Phi) is 7.44. The molecule has 1 atom stereocenters. The molecule has 1 aliphatic rings. The number of likely N-dealkylation sites (tertiary alicyclic amines) is 1. The number of anilines is 1. The number of carbonyl (C=O) groups excluding carboxylic acids is 1. The number of rotatable bonds is 7. The summed E-state index contributed by atoms with van der Waals surface area (Å²) in [6, 6.07) is 8.67. The van der Waals surface area contributed by atoms with E-state index < -0.39 is 0 Å². The summed E-state index contributed by atoms with van der Waals surface area (Å²) in [5.74, 6) is 2.06. The fourth-order valence-corrected chi connectivity index (χ4v) is 4.00. The van der Waals surface area contributed by atoms with Crippen LogP contribution in [0.25, 0.3) is 0 Å². The molecule has 1 amide bonds. The Labute approximate surface area is 145 Å². The molecule has 0 spiro atoms. The van der Waals surface area contributed by atoms with Crippen molar-refractivity contribution in [2.75, 3.05) is 30.4 Å². The second-order valence-corrected chi connectivity index (χ2v) is 7.65. The van der Waals surface area contributed by atoms with Crippen molar-refractivity contribution in [1.82, 2.24) is 4.90 Å². The van der Waals surface area contributed by atoms with Gasteiger partial charge in [-0.25, -0.2) is 0 Å². The number of piperidine rings is 1. The van der Waals surface area contributed by atoms with Gasteiger partial charge in [0.15, 0.2) is 0 Å². The highest BCUT2D eigenvalue weighted by Gasteiger charge is 2.22. The van der Waals surface area contributed by atoms with Gasteiger partial charge < -0.3 is 5.32 Å². The van der Waals surface area contributed by atoms with Crippen molar-refractivity contribution in [3.05, 3.63) is 29.8 Å². The maximum atomic E-state index is 12.1. The minimum absolute atomic E-state index is 0.147. The number of carbonyl (C=O) groups is 1. The Morgan fingerprint density at radius 1 is 1.39 bits per heavy atom. The fourth-order valence-electron chi connectivity index (χ4n) is 3.31. The van der Waals surface area contributed by atoms with E-state index in [2.05, 4.69) is 23.4 Å². The summed E-state index contributed by atoms with van der Waals surface area (Å²) in [7, 11) is 0. The lowest BCUT2D eigenvalue weighted by Crippen LogP contribution is -2.41. The number of benzene rings is 1. The molecule has 1 aromatic carbocycles. The first-order valence-electron chi connectivity index (χ1n) is 8.68. The van der Waals surface area contributed by atoms with Crippen molar-refractivity contribution in [3.8, 4) is 0 Å². The maximum Gasteiger partial charge on any atom is 0.224 e. The van der Waals surface area contributed by atoms with Crippen LogP contribution >= 0.6 is 11.8 Å². The van der Waals surface area contributed by atoms with Crippen LogP contribution < -0.4 is 5.32 Å². The summed E-state index contributed by atoms with van der Waals surface area (Å²) in [5.41, 5.74) is 2.09. The molecule has 0 aliphatic carbocycles. The van der Waals surface area contributed by atoms with Gasteiger partial charge in [-0.05, 0) is 76.1 Å². The van der Waals surface area contributed by atoms with Crippen molar-refractivity contribution < 1.29 is 4.79 Å². The van der Waals surface area contributed by atoms with Crippen LogP contribution in [0.2, 0.25) is 0 Å². The van der Waals surface area contributed by atoms with Gasteiger partial charge in [0.1, 0.15) is 0 Å². The lowest BCUT2D eigenvalue weighted by atomic mass is 9.91. The molecule has 1 heterocycles. The first kappa shape index (κ1) is 18.3. The number of amides is 1. The van der Waals surface area contributed by atoms with Crippen LogP contribution in [0.3, 0.4) is 0 Å². The highest BCUT2D eigenvalue weighted by molar-refractivity contribution is 7.98. The molecule has 1 N–H and O–H groups in total. The van der Waals surface area contributed by atoms with Crippen LogP contribution in [0.15, 0.2) is 24.3 Å². The number of thioether (sulfide) groups is 1. The third kappa shape index (κ3) is 6.19. The molecule has 128 valence electrons. The topological polar surface area (TPSA) is 32.3 Å². The molecule has 23 heavy (non-hydrogen) atoms. The first-order chi connectivity index (χ1) is 11.1. The van der Waals surface area contributed by atoms with Crippen molar-refractivity contribution in [2.24, 2.45) is 5.92 Å². The standard InChI is InChI=1S/C19H30N2OS/c1-15-5-4-6-18(13-15)20-19(22)8-7-17-9-11-21(12-10-17)16(2)14-23-3/h4-6,13,16-17H,7-12,14H2,1-3H3,(H,20,22). The van der Waals surface area contributed by atoms with Gasteiger partial charge in [-0.1, -0.05) is 12.1 Å². The SMILES string of the molecule is CSCC(C)N1CCC(CCC(=O)Nc2cccc(C)c2)CC1. The van der Waals surface area contributed by atoms with Crippen molar-refractivity contribution in [1.29, 1.82) is 0 Å². The zero-order valence-electron chi connectivity index (χ0n) is 14.7. The van der Waals surface area contributed by atoms with Gasteiger partial charge in [0.2, 0.25) is 5.91 Å². The van der Waals surface area contributed by atoms with E-state index in [4.69, 9.17) is 0 Å². The molecule has 1 saturated heterocycles. The lowest BCUT2D eigenvalue weighted by Gasteiger charge is -2.35. The third-order valence-electron chi connectivity index (χ3n) is 4.76. The average Bonchev–Trinajstić information content (AvgIpc) is 2.54. The summed E-state index contributed by atoms with van der Waals surface area (Å²) in [6.45, 7) is 6.74. The number of hydrogen-bond acceptors (Lipinski definition) is 3. The van der Waals surface area contributed by atoms with Gasteiger partial charge >= 0.3 is 0 Å². The zero-order chi connectivity index (χ0) is 16.7. The van der Waals surface area contributed by atoms with E-state index in [9.17, 15) is 4.79 Å². The Morgan fingerprint density at radius 2 is 2.13 bits per heavy atom. The number of nitrogens with zero attached hydrogens (tertiary/aromatic N) is 1. The minimum Gasteiger partial charge on any atom is -0.326 e. The summed E-state index contributed by atoms with van der Waals surface area (Å²) in [5, 5.41) is 3.01. The molecule has 4 heteroatoms. The van der Waals surface area contributed by atoms with E-state index in [1.807, 2.05) is 43.0 Å². The van der Waals surface area contributed by atoms with Crippen LogP contribution in [0.4, 0.5) is 5.69 Å². The fraction of sp³-hybridized carbons (Fsp3) is 0.632. The smallest absolute Gasteiger partial charge is 0.224 e. The highest BCUT2D eigenvalue weighted by Crippen LogP contribution is 2.24. The predicted molar refractivity (Wildman–Crippen MR) is 101 cm³/mol. The van der Waals surface area contributed by atoms with E-state index >= 15 is 0 Å². The molecule has 0 saturated carbocycles. The summed E-state index contributed by atoms with van der Waals surface area (Å²) >= 11 is 1.93. The van der Waals surface area contributed by atoms with E-state index in [0.717, 1.165) is 12.1 Å². The number of aryl methyl sites for hydroxylation is 1. The molecule has 0 aromatic heterocycles. The minimum atomic E-state index is 0.147. The van der Waals surface area contributed by atoms with Gasteiger partial charge in [0.25, 0.3) is 0 Å². The van der Waals surface area contributed by atoms with Crippen LogP contribution in [-0.4, -0.2) is 41.9 Å². The second-order valence-electron chi connectivity index (χ2n) is 6.74. The summed E-state index contributed by atoms with van der Waals surface area (Å²) < 4.78 is 0. The quantitative estimate of drug-likeness (QED) is 0.812. The van der Waals surface area contributed by atoms with Gasteiger partial charge in [0.05, 0.1) is 0 Å². The Bertz CT molecular complexity index is 498. The van der Waals surface area contributed by atoms with Crippen LogP contribution in [0, 0.1) is 12.8 Å². The predicted octanol–water partition coefficient (Wildman–Crippen LogP) is 4.18. The van der Waals surface area contributed by atoms with Crippen LogP contribution in [-0.2, 0) is 4.79 Å². The molecule has 1 aliphatic heterocycles. The number of nitrogens with one attached hydrogen (secondary N) is 1. The Hall–Kier alpha value is -1.00. The monoisotopic (exact) mass is 334 g/mol. The average molecular weight is 335 g/mol. The molecule has 2 rings (SSSR count). The maximum absolute atomic E-state index is 12.1. The van der Waals surface area contributed by atoms with Gasteiger partial charge in [-0.2, -0.15) is 11.8 Å². The van der Waals surface area contributed by atoms with E-state index in [-0.39, 0.29) is 5.91 Å². The molecule has 1 fully saturated rings. The molecular formula is C19H30N2OS.